The number of rotatable bonds is 4. The van der Waals surface area contributed by atoms with E-state index >= 15 is 0 Å². The molecular formula is C16H15F2N3S. The lowest BCUT2D eigenvalue weighted by Gasteiger charge is -2.01. The van der Waals surface area contributed by atoms with E-state index in [1.807, 2.05) is 30.3 Å². The number of halogens is 2. The molecule has 0 heterocycles. The molecule has 0 aromatic heterocycles. The molecule has 0 saturated heterocycles. The molecule has 0 aliphatic heterocycles. The van der Waals surface area contributed by atoms with Gasteiger partial charge in [0.05, 0.1) is 11.8 Å². The smallest absolute Gasteiger partial charge is 0.180 e. The Morgan fingerprint density at radius 2 is 1.91 bits per heavy atom. The second-order valence-electron chi connectivity index (χ2n) is 4.55. The summed E-state index contributed by atoms with van der Waals surface area (Å²) < 4.78 is 27.2. The monoisotopic (exact) mass is 319 g/mol. The minimum absolute atomic E-state index is 0.218. The highest BCUT2D eigenvalue weighted by molar-refractivity contribution is 8.13. The Bertz CT molecular complexity index is 700. The molecule has 2 rings (SSSR count). The van der Waals surface area contributed by atoms with Crippen molar-refractivity contribution in [3.05, 3.63) is 70.8 Å². The van der Waals surface area contributed by atoms with Crippen LogP contribution in [0.15, 0.2) is 52.7 Å². The lowest BCUT2D eigenvalue weighted by atomic mass is 10.1. The molecular weight excluding hydrogens is 304 g/mol. The van der Waals surface area contributed by atoms with Gasteiger partial charge in [0, 0.05) is 5.75 Å². The van der Waals surface area contributed by atoms with Crippen LogP contribution in [-0.2, 0) is 5.75 Å². The van der Waals surface area contributed by atoms with E-state index in [2.05, 4.69) is 10.2 Å². The molecule has 0 radical (unpaired) electrons. The van der Waals surface area contributed by atoms with Crippen LogP contribution in [0.1, 0.15) is 16.7 Å². The molecule has 3 nitrogen and oxygen atoms in total. The molecule has 0 aliphatic rings. The van der Waals surface area contributed by atoms with Gasteiger partial charge in [0.25, 0.3) is 0 Å². The van der Waals surface area contributed by atoms with Gasteiger partial charge in [-0.15, -0.1) is 5.10 Å². The summed E-state index contributed by atoms with van der Waals surface area (Å²) in [5, 5.41) is 7.62. The van der Waals surface area contributed by atoms with E-state index in [-0.39, 0.29) is 10.7 Å². The Hall–Kier alpha value is -2.21. The number of nitrogens with two attached hydrogens (primary N) is 1. The van der Waals surface area contributed by atoms with E-state index in [1.54, 1.807) is 6.92 Å². The van der Waals surface area contributed by atoms with Crippen molar-refractivity contribution in [2.75, 3.05) is 0 Å². The van der Waals surface area contributed by atoms with E-state index in [4.69, 9.17) is 5.73 Å². The molecule has 0 bridgehead atoms. The van der Waals surface area contributed by atoms with Crippen molar-refractivity contribution < 1.29 is 8.78 Å². The van der Waals surface area contributed by atoms with Gasteiger partial charge in [0.1, 0.15) is 11.6 Å². The average Bonchev–Trinajstić information content (AvgIpc) is 2.53. The molecule has 22 heavy (non-hydrogen) atoms. The fraction of sp³-hybridized carbons (Fsp3) is 0.125. The highest BCUT2D eigenvalue weighted by atomic mass is 32.2. The first-order valence-corrected chi connectivity index (χ1v) is 7.54. The number of aryl methyl sites for hydroxylation is 1. The van der Waals surface area contributed by atoms with Crippen LogP contribution in [-0.4, -0.2) is 11.4 Å². The van der Waals surface area contributed by atoms with Crippen molar-refractivity contribution >= 4 is 23.1 Å². The van der Waals surface area contributed by atoms with Gasteiger partial charge in [-0.2, -0.15) is 5.10 Å². The second kappa shape index (κ2) is 7.70. The SMILES string of the molecule is Cc1ccc(F)c(C=NN=C(N)SCc2ccccc2)c1F. The summed E-state index contributed by atoms with van der Waals surface area (Å²) in [5.74, 6) is -0.675. The summed E-state index contributed by atoms with van der Waals surface area (Å²) >= 11 is 1.30. The van der Waals surface area contributed by atoms with Crippen LogP contribution in [0.3, 0.4) is 0 Å². The van der Waals surface area contributed by atoms with Crippen LogP contribution < -0.4 is 5.73 Å². The minimum atomic E-state index is -0.683. The standard InChI is InChI=1S/C16H15F2N3S/c1-11-7-8-14(17)13(15(11)18)9-20-21-16(19)22-10-12-5-3-2-4-6-12/h2-9H,10H2,1H3,(H2,19,21). The third-order valence-corrected chi connectivity index (χ3v) is 3.75. The average molecular weight is 319 g/mol. The van der Waals surface area contributed by atoms with Crippen LogP contribution >= 0.6 is 11.8 Å². The number of nitrogens with zero attached hydrogens (tertiary/aromatic N) is 2. The molecule has 2 N–H and O–H groups in total. The van der Waals surface area contributed by atoms with Crippen LogP contribution in [0, 0.1) is 18.6 Å². The zero-order valence-corrected chi connectivity index (χ0v) is 12.8. The predicted octanol–water partition coefficient (Wildman–Crippen LogP) is 3.86. The molecule has 0 amide bonds. The van der Waals surface area contributed by atoms with Crippen LogP contribution in [0.25, 0.3) is 0 Å². The number of hydrogen-bond donors (Lipinski definition) is 1. The van der Waals surface area contributed by atoms with E-state index in [0.717, 1.165) is 11.8 Å². The molecule has 0 aliphatic carbocycles. The predicted molar refractivity (Wildman–Crippen MR) is 88.0 cm³/mol. The maximum Gasteiger partial charge on any atom is 0.180 e. The fourth-order valence-corrected chi connectivity index (χ4v) is 2.31. The summed E-state index contributed by atoms with van der Waals surface area (Å²) in [6, 6.07) is 12.3. The number of hydrogen-bond acceptors (Lipinski definition) is 3. The lowest BCUT2D eigenvalue weighted by Crippen LogP contribution is -2.06. The number of benzene rings is 2. The molecule has 0 spiro atoms. The lowest BCUT2D eigenvalue weighted by molar-refractivity contribution is 0.574. The Morgan fingerprint density at radius 1 is 1.18 bits per heavy atom. The van der Waals surface area contributed by atoms with Crippen LogP contribution in [0.2, 0.25) is 0 Å². The fourth-order valence-electron chi connectivity index (χ4n) is 1.70. The topological polar surface area (TPSA) is 50.7 Å². The summed E-state index contributed by atoms with van der Waals surface area (Å²) in [7, 11) is 0. The van der Waals surface area contributed by atoms with Gasteiger partial charge < -0.3 is 5.73 Å². The Kier molecular flexibility index (Phi) is 5.66. The summed E-state index contributed by atoms with van der Waals surface area (Å²) in [5.41, 5.74) is 6.93. The van der Waals surface area contributed by atoms with Crippen molar-refractivity contribution in [3.63, 3.8) is 0 Å². The molecule has 0 unspecified atom stereocenters. The Morgan fingerprint density at radius 3 is 2.64 bits per heavy atom. The highest BCUT2D eigenvalue weighted by Crippen LogP contribution is 2.15. The maximum atomic E-state index is 13.7. The third-order valence-electron chi connectivity index (χ3n) is 2.89. The maximum absolute atomic E-state index is 13.7. The summed E-state index contributed by atoms with van der Waals surface area (Å²) in [6.07, 6.45) is 1.04. The van der Waals surface area contributed by atoms with Crippen molar-refractivity contribution in [2.24, 2.45) is 15.9 Å². The Balaban J connectivity index is 2.00. The van der Waals surface area contributed by atoms with Gasteiger partial charge in [0.15, 0.2) is 5.17 Å². The Labute approximate surface area is 132 Å². The van der Waals surface area contributed by atoms with Gasteiger partial charge in [-0.05, 0) is 24.1 Å². The molecule has 2 aromatic carbocycles. The number of thioether (sulfide) groups is 1. The van der Waals surface area contributed by atoms with E-state index in [0.29, 0.717) is 11.3 Å². The molecule has 0 atom stereocenters. The quantitative estimate of drug-likeness (QED) is 0.528. The molecule has 6 heteroatoms. The van der Waals surface area contributed by atoms with Crippen molar-refractivity contribution in [3.8, 4) is 0 Å². The summed E-state index contributed by atoms with van der Waals surface area (Å²) in [6.45, 7) is 1.56. The largest absolute Gasteiger partial charge is 0.377 e. The molecule has 114 valence electrons. The van der Waals surface area contributed by atoms with Crippen molar-refractivity contribution in [1.29, 1.82) is 0 Å². The normalized spacial score (nSPS) is 12.0. The van der Waals surface area contributed by atoms with Crippen molar-refractivity contribution in [1.82, 2.24) is 0 Å². The molecule has 2 aromatic rings. The van der Waals surface area contributed by atoms with E-state index in [9.17, 15) is 8.78 Å². The van der Waals surface area contributed by atoms with Gasteiger partial charge in [-0.3, -0.25) is 0 Å². The van der Waals surface area contributed by atoms with Crippen LogP contribution in [0.4, 0.5) is 8.78 Å². The van der Waals surface area contributed by atoms with Gasteiger partial charge in [-0.1, -0.05) is 48.2 Å². The minimum Gasteiger partial charge on any atom is -0.377 e. The first-order valence-electron chi connectivity index (χ1n) is 6.55. The zero-order valence-electron chi connectivity index (χ0n) is 12.0. The van der Waals surface area contributed by atoms with Crippen molar-refractivity contribution in [2.45, 2.75) is 12.7 Å². The van der Waals surface area contributed by atoms with E-state index in [1.165, 1.54) is 23.9 Å². The van der Waals surface area contributed by atoms with Gasteiger partial charge >= 0.3 is 0 Å². The third kappa shape index (κ3) is 4.39. The first kappa shape index (κ1) is 16.2. The highest BCUT2D eigenvalue weighted by Gasteiger charge is 2.08. The molecule has 0 fully saturated rings. The second-order valence-corrected chi connectivity index (χ2v) is 5.54. The zero-order chi connectivity index (χ0) is 15.9. The molecule has 0 saturated carbocycles. The van der Waals surface area contributed by atoms with Gasteiger partial charge in [0.2, 0.25) is 0 Å². The van der Waals surface area contributed by atoms with Crippen LogP contribution in [0.5, 0.6) is 0 Å². The summed E-state index contributed by atoms with van der Waals surface area (Å²) in [4.78, 5) is 0. The first-order chi connectivity index (χ1) is 10.6. The number of amidine groups is 1. The van der Waals surface area contributed by atoms with Gasteiger partial charge in [-0.25, -0.2) is 8.78 Å². The van der Waals surface area contributed by atoms with E-state index < -0.39 is 11.6 Å².